The van der Waals surface area contributed by atoms with Crippen molar-refractivity contribution in [3.63, 3.8) is 0 Å². The third-order valence-electron chi connectivity index (χ3n) is 2.97. The minimum atomic E-state index is -1.03. The Morgan fingerprint density at radius 1 is 1.11 bits per heavy atom. The van der Waals surface area contributed by atoms with E-state index in [4.69, 9.17) is 0 Å². The third-order valence-corrected chi connectivity index (χ3v) is 2.97. The van der Waals surface area contributed by atoms with Crippen LogP contribution in [-0.2, 0) is 0 Å². The van der Waals surface area contributed by atoms with Crippen LogP contribution in [0.1, 0.15) is 16.8 Å². The summed E-state index contributed by atoms with van der Waals surface area (Å²) in [6.07, 6.45) is 0.790. The van der Waals surface area contributed by atoms with Gasteiger partial charge in [-0.05, 0) is 17.5 Å². The number of ketones is 1. The summed E-state index contributed by atoms with van der Waals surface area (Å²) in [7, 11) is 0. The molecule has 2 rings (SSSR count). The van der Waals surface area contributed by atoms with Crippen LogP contribution < -0.4 is 0 Å². The Kier molecular flexibility index (Phi) is 4.26. The predicted octanol–water partition coefficient (Wildman–Crippen LogP) is 3.47. The highest BCUT2D eigenvalue weighted by Crippen LogP contribution is 2.24. The van der Waals surface area contributed by atoms with Gasteiger partial charge in [0.15, 0.2) is 5.78 Å². The molecule has 0 aliphatic heterocycles. The molecule has 96 valence electrons. The summed E-state index contributed by atoms with van der Waals surface area (Å²) in [5, 5.41) is 9.82. The van der Waals surface area contributed by atoms with Crippen molar-refractivity contribution in [2.45, 2.75) is 12.5 Å². The quantitative estimate of drug-likeness (QED) is 0.653. The molecule has 0 radical (unpaired) electrons. The molecule has 2 nitrogen and oxygen atoms in total. The number of rotatable bonds is 5. The fourth-order valence-electron chi connectivity index (χ4n) is 2.01. The number of benzene rings is 2. The maximum absolute atomic E-state index is 12.2. The molecule has 0 bridgehead atoms. The number of hydrogen-bond donors (Lipinski definition) is 1. The number of Topliss-reactive ketones (excluding diaryl/α,β-unsaturated/α-hetero) is 1. The van der Waals surface area contributed by atoms with Gasteiger partial charge in [-0.15, -0.1) is 6.58 Å². The van der Waals surface area contributed by atoms with E-state index < -0.39 is 6.10 Å². The minimum Gasteiger partial charge on any atom is -0.385 e. The van der Waals surface area contributed by atoms with Gasteiger partial charge in [-0.2, -0.15) is 0 Å². The van der Waals surface area contributed by atoms with E-state index in [0.717, 1.165) is 11.1 Å². The fraction of sp³-hybridized carbons (Fsp3) is 0.118. The normalized spacial score (nSPS) is 11.8. The van der Waals surface area contributed by atoms with Gasteiger partial charge >= 0.3 is 0 Å². The lowest BCUT2D eigenvalue weighted by Gasteiger charge is -2.12. The topological polar surface area (TPSA) is 37.3 Å². The smallest absolute Gasteiger partial charge is 0.192 e. The molecule has 0 saturated heterocycles. The summed E-state index contributed by atoms with van der Waals surface area (Å²) in [6, 6.07) is 17.0. The summed E-state index contributed by atoms with van der Waals surface area (Å²) in [4.78, 5) is 12.2. The lowest BCUT2D eigenvalue weighted by molar-refractivity contribution is 0.0754. The van der Waals surface area contributed by atoms with Crippen molar-refractivity contribution in [3.8, 4) is 11.1 Å². The lowest BCUT2D eigenvalue weighted by Crippen LogP contribution is -2.20. The van der Waals surface area contributed by atoms with Crippen molar-refractivity contribution in [1.82, 2.24) is 0 Å². The number of aliphatic hydroxyl groups excluding tert-OH is 1. The highest BCUT2D eigenvalue weighted by Gasteiger charge is 2.19. The summed E-state index contributed by atoms with van der Waals surface area (Å²) in [6.45, 7) is 3.55. The predicted molar refractivity (Wildman–Crippen MR) is 77.0 cm³/mol. The Morgan fingerprint density at radius 2 is 1.74 bits per heavy atom. The average molecular weight is 252 g/mol. The van der Waals surface area contributed by atoms with E-state index in [1.807, 2.05) is 42.5 Å². The second kappa shape index (κ2) is 6.12. The fourth-order valence-corrected chi connectivity index (χ4v) is 2.01. The van der Waals surface area contributed by atoms with Gasteiger partial charge in [0.25, 0.3) is 0 Å². The largest absolute Gasteiger partial charge is 0.385 e. The molecule has 2 aromatic rings. The molecule has 0 heterocycles. The van der Waals surface area contributed by atoms with Crippen molar-refractivity contribution in [2.24, 2.45) is 0 Å². The molecule has 2 aromatic carbocycles. The van der Waals surface area contributed by atoms with Crippen molar-refractivity contribution in [1.29, 1.82) is 0 Å². The first kappa shape index (κ1) is 13.2. The van der Waals surface area contributed by atoms with Crippen molar-refractivity contribution >= 4 is 5.78 Å². The molecule has 0 aliphatic rings. The van der Waals surface area contributed by atoms with Crippen molar-refractivity contribution in [2.75, 3.05) is 0 Å². The Labute approximate surface area is 113 Å². The van der Waals surface area contributed by atoms with Gasteiger partial charge in [0, 0.05) is 5.56 Å². The van der Waals surface area contributed by atoms with Gasteiger partial charge in [-0.3, -0.25) is 4.79 Å². The average Bonchev–Trinajstić information content (AvgIpc) is 2.47. The van der Waals surface area contributed by atoms with Gasteiger partial charge in [-0.1, -0.05) is 60.7 Å². The minimum absolute atomic E-state index is 0.264. The van der Waals surface area contributed by atoms with Crippen LogP contribution in [0.5, 0.6) is 0 Å². The van der Waals surface area contributed by atoms with Crippen LogP contribution in [-0.4, -0.2) is 17.0 Å². The first-order valence-electron chi connectivity index (χ1n) is 6.21. The Morgan fingerprint density at radius 3 is 2.42 bits per heavy atom. The SMILES string of the molecule is C=CCC(O)C(=O)c1ccccc1-c1ccccc1. The maximum Gasteiger partial charge on any atom is 0.192 e. The van der Waals surface area contributed by atoms with Crippen molar-refractivity contribution in [3.05, 3.63) is 72.8 Å². The molecule has 1 N–H and O–H groups in total. The highest BCUT2D eigenvalue weighted by molar-refractivity contribution is 6.04. The lowest BCUT2D eigenvalue weighted by atomic mass is 9.94. The molecule has 0 aliphatic carbocycles. The van der Waals surface area contributed by atoms with E-state index in [0.29, 0.717) is 5.56 Å². The zero-order valence-corrected chi connectivity index (χ0v) is 10.6. The number of carbonyl (C=O) groups is 1. The van der Waals surface area contributed by atoms with Gasteiger partial charge in [0.2, 0.25) is 0 Å². The maximum atomic E-state index is 12.2. The van der Waals surface area contributed by atoms with Crippen LogP contribution >= 0.6 is 0 Å². The second-order valence-electron chi connectivity index (χ2n) is 4.32. The van der Waals surface area contributed by atoms with E-state index >= 15 is 0 Å². The zero-order valence-electron chi connectivity index (χ0n) is 10.6. The van der Waals surface area contributed by atoms with Crippen LogP contribution in [0, 0.1) is 0 Å². The molecule has 19 heavy (non-hydrogen) atoms. The highest BCUT2D eigenvalue weighted by atomic mass is 16.3. The Bertz CT molecular complexity index is 573. The van der Waals surface area contributed by atoms with E-state index in [1.165, 1.54) is 0 Å². The van der Waals surface area contributed by atoms with Crippen LogP contribution in [0.25, 0.3) is 11.1 Å². The van der Waals surface area contributed by atoms with Gasteiger partial charge in [0.05, 0.1) is 0 Å². The van der Waals surface area contributed by atoms with Crippen LogP contribution in [0.4, 0.5) is 0 Å². The molecule has 2 heteroatoms. The third kappa shape index (κ3) is 2.98. The number of hydrogen-bond acceptors (Lipinski definition) is 2. The molecule has 1 atom stereocenters. The van der Waals surface area contributed by atoms with Gasteiger partial charge in [-0.25, -0.2) is 0 Å². The van der Waals surface area contributed by atoms with E-state index in [9.17, 15) is 9.90 Å². The van der Waals surface area contributed by atoms with Gasteiger partial charge < -0.3 is 5.11 Å². The molecule has 0 spiro atoms. The van der Waals surface area contributed by atoms with Gasteiger partial charge in [0.1, 0.15) is 6.10 Å². The van der Waals surface area contributed by atoms with Crippen LogP contribution in [0.15, 0.2) is 67.3 Å². The van der Waals surface area contributed by atoms with Crippen LogP contribution in [0.2, 0.25) is 0 Å². The summed E-state index contributed by atoms with van der Waals surface area (Å²) in [5.41, 5.74) is 2.36. The van der Waals surface area contributed by atoms with E-state index in [2.05, 4.69) is 6.58 Å². The Balaban J connectivity index is 2.42. The number of aliphatic hydroxyl groups is 1. The second-order valence-corrected chi connectivity index (χ2v) is 4.32. The zero-order chi connectivity index (χ0) is 13.7. The summed E-state index contributed by atoms with van der Waals surface area (Å²) >= 11 is 0. The summed E-state index contributed by atoms with van der Waals surface area (Å²) in [5.74, 6) is -0.264. The summed E-state index contributed by atoms with van der Waals surface area (Å²) < 4.78 is 0. The standard InChI is InChI=1S/C17H16O2/c1-2-8-16(18)17(19)15-12-7-6-11-14(15)13-9-4-3-5-10-13/h2-7,9-12,16,18H,1,8H2. The number of carbonyl (C=O) groups excluding carboxylic acids is 1. The first-order chi connectivity index (χ1) is 9.24. The monoisotopic (exact) mass is 252 g/mol. The molecular formula is C17H16O2. The van der Waals surface area contributed by atoms with E-state index in [-0.39, 0.29) is 12.2 Å². The molecule has 1 unspecified atom stereocenters. The molecule has 0 amide bonds. The van der Waals surface area contributed by atoms with E-state index in [1.54, 1.807) is 18.2 Å². The van der Waals surface area contributed by atoms with Crippen molar-refractivity contribution < 1.29 is 9.90 Å². The molecular weight excluding hydrogens is 236 g/mol. The first-order valence-corrected chi connectivity index (χ1v) is 6.21. The molecule has 0 saturated carbocycles. The molecule has 0 aromatic heterocycles. The Hall–Kier alpha value is -2.19. The van der Waals surface area contributed by atoms with Crippen LogP contribution in [0.3, 0.4) is 0 Å². The molecule has 0 fully saturated rings.